The van der Waals surface area contributed by atoms with Crippen LogP contribution in [0.5, 0.6) is 0 Å². The van der Waals surface area contributed by atoms with Gasteiger partial charge in [0.05, 0.1) is 0 Å². The van der Waals surface area contributed by atoms with Crippen LogP contribution in [-0.4, -0.2) is 32.8 Å². The molecule has 0 bridgehead atoms. The van der Waals surface area contributed by atoms with Crippen molar-refractivity contribution in [2.45, 2.75) is 176 Å². The molecule has 3 unspecified atom stereocenters. The molecule has 0 aliphatic rings. The maximum atomic E-state index is 11.3. The van der Waals surface area contributed by atoms with Crippen molar-refractivity contribution in [2.24, 2.45) is 17.8 Å². The van der Waals surface area contributed by atoms with E-state index in [1.807, 2.05) is 41.5 Å². The summed E-state index contributed by atoms with van der Waals surface area (Å²) in [6.07, 6.45) is 10.2. The first-order valence-electron chi connectivity index (χ1n) is 15.7. The predicted molar refractivity (Wildman–Crippen MR) is 171 cm³/mol. The first-order valence-corrected chi connectivity index (χ1v) is 19.2. The molecule has 6 nitrogen and oxygen atoms in total. The van der Waals surface area contributed by atoms with Gasteiger partial charge in [-0.1, -0.05) is 96.8 Å². The summed E-state index contributed by atoms with van der Waals surface area (Å²) >= 11 is 0. The zero-order chi connectivity index (χ0) is 31.4. The molecular weight excluding hydrogens is 576 g/mol. The third kappa shape index (κ3) is 12.4. The van der Waals surface area contributed by atoms with Gasteiger partial charge in [0.25, 0.3) is 0 Å². The molecule has 0 amide bonds. The van der Waals surface area contributed by atoms with Gasteiger partial charge >= 0.3 is 41.4 Å². The number of rotatable bonds is 18. The van der Waals surface area contributed by atoms with E-state index in [1.54, 1.807) is 0 Å². The molecule has 0 rings (SSSR count). The molecule has 0 radical (unpaired) electrons. The number of hydrogen-bond acceptors (Lipinski definition) is 6. The first kappa shape index (κ1) is 47.6. The van der Waals surface area contributed by atoms with E-state index in [4.69, 9.17) is 0 Å². The van der Waals surface area contributed by atoms with Crippen molar-refractivity contribution in [3.63, 3.8) is 0 Å². The molecule has 0 fully saturated rings. The van der Waals surface area contributed by atoms with Gasteiger partial charge < -0.3 is 14.7 Å². The standard InChI is InChI=1S/3C10H21O2P.Al/c3*1-5-9(6-2)10(7-3,8-4)13(11)12;/h3*9H,5-8H2,1-4H3;/q;;;+3. The van der Waals surface area contributed by atoms with Gasteiger partial charge in [-0.25, -0.2) is 0 Å². The summed E-state index contributed by atoms with van der Waals surface area (Å²) in [6, 6.07) is 0. The quantitative estimate of drug-likeness (QED) is 0.109. The smallest absolute Gasteiger partial charge is 0.595 e. The Morgan fingerprint density at radius 3 is 0.550 bits per heavy atom. The Labute approximate surface area is 262 Å². The van der Waals surface area contributed by atoms with E-state index >= 15 is 0 Å². The van der Waals surface area contributed by atoms with E-state index in [0.29, 0.717) is 17.8 Å². The van der Waals surface area contributed by atoms with Crippen LogP contribution in [0.3, 0.4) is 0 Å². The van der Waals surface area contributed by atoms with Crippen LogP contribution >= 0.6 is 24.1 Å². The molecule has 0 aliphatic carbocycles. The van der Waals surface area contributed by atoms with E-state index < -0.39 is 39.6 Å². The fraction of sp³-hybridized carbons (Fsp3) is 1.00. The van der Waals surface area contributed by atoms with Gasteiger partial charge in [0.15, 0.2) is 15.5 Å². The topological polar surface area (TPSA) is 120 Å². The Morgan fingerprint density at radius 1 is 0.400 bits per heavy atom. The summed E-state index contributed by atoms with van der Waals surface area (Å²) in [7, 11) is -6.90. The number of hydrogen-bond donors (Lipinski definition) is 0. The molecular formula is C30H63AlO6P3+3. The zero-order valence-corrected chi connectivity index (χ0v) is 31.9. The van der Waals surface area contributed by atoms with Crippen LogP contribution in [0.15, 0.2) is 0 Å². The second kappa shape index (κ2) is 25.1. The maximum absolute atomic E-state index is 11.3. The summed E-state index contributed by atoms with van der Waals surface area (Å²) in [5, 5.41) is -1.34. The Hall–Kier alpha value is 0.712. The Morgan fingerprint density at radius 2 is 0.525 bits per heavy atom. The second-order valence-electron chi connectivity index (χ2n) is 10.7. The first-order chi connectivity index (χ1) is 18.3. The normalized spacial score (nSPS) is 13.2. The van der Waals surface area contributed by atoms with Crippen LogP contribution in [0.2, 0.25) is 0 Å². The van der Waals surface area contributed by atoms with Gasteiger partial charge in [0.2, 0.25) is 0 Å². The van der Waals surface area contributed by atoms with E-state index in [9.17, 15) is 28.4 Å². The van der Waals surface area contributed by atoms with Gasteiger partial charge in [-0.2, -0.15) is 0 Å². The molecule has 234 valence electrons. The molecule has 40 heavy (non-hydrogen) atoms. The average molecular weight is 640 g/mol. The molecule has 0 N–H and O–H groups in total. The molecule has 0 aromatic carbocycles. The van der Waals surface area contributed by atoms with E-state index in [-0.39, 0.29) is 17.4 Å². The summed E-state index contributed by atoms with van der Waals surface area (Å²) in [5.74, 6) is 0.968. The molecule has 0 heterocycles. The third-order valence-corrected chi connectivity index (χ3v) is 15.2. The van der Waals surface area contributed by atoms with Crippen molar-refractivity contribution < 1.29 is 28.4 Å². The van der Waals surface area contributed by atoms with Gasteiger partial charge in [-0.15, -0.1) is 0 Å². The molecule has 0 aliphatic heterocycles. The van der Waals surface area contributed by atoms with Crippen molar-refractivity contribution >= 4 is 41.4 Å². The maximum Gasteiger partial charge on any atom is 3.00 e. The van der Waals surface area contributed by atoms with Crippen LogP contribution in [0, 0.1) is 17.8 Å². The van der Waals surface area contributed by atoms with Gasteiger partial charge in [-0.05, 0) is 77.0 Å². The van der Waals surface area contributed by atoms with Crippen LogP contribution < -0.4 is 14.7 Å². The van der Waals surface area contributed by atoms with Crippen LogP contribution in [-0.2, 0) is 13.7 Å². The third-order valence-electron chi connectivity index (χ3n) is 10.0. The van der Waals surface area contributed by atoms with Crippen molar-refractivity contribution in [3.05, 3.63) is 0 Å². The fourth-order valence-electron chi connectivity index (χ4n) is 6.85. The van der Waals surface area contributed by atoms with Crippen molar-refractivity contribution in [3.8, 4) is 0 Å². The Bertz CT molecular complexity index is 578. The minimum Gasteiger partial charge on any atom is -0.595 e. The summed E-state index contributed by atoms with van der Waals surface area (Å²) < 4.78 is 33.8. The molecule has 0 aromatic rings. The van der Waals surface area contributed by atoms with E-state index in [1.165, 1.54) is 0 Å². The molecule has 10 heteroatoms. The van der Waals surface area contributed by atoms with Gasteiger partial charge in [-0.3, -0.25) is 0 Å². The van der Waals surface area contributed by atoms with Crippen LogP contribution in [0.1, 0.15) is 160 Å². The fourth-order valence-corrected chi connectivity index (χ4v) is 10.4. The SMILES string of the molecule is CCC(CC)C(CC)(CC)[P+](=O)[O-].CCC(CC)C(CC)(CC)[P+](=O)[O-].CCC(CC)C(CC)(CC)[P+](=O)[O-].[Al+3]. The average Bonchev–Trinajstić information content (AvgIpc) is 2.93. The predicted octanol–water partition coefficient (Wildman–Crippen LogP) is 8.87. The van der Waals surface area contributed by atoms with Crippen LogP contribution in [0.25, 0.3) is 0 Å². The minimum atomic E-state index is -2.30. The molecule has 0 saturated heterocycles. The van der Waals surface area contributed by atoms with E-state index in [0.717, 1.165) is 77.0 Å². The molecule has 3 atom stereocenters. The zero-order valence-electron chi connectivity index (χ0n) is 28.1. The molecule has 0 aromatic heterocycles. The van der Waals surface area contributed by atoms with Gasteiger partial charge in [0.1, 0.15) is 0 Å². The van der Waals surface area contributed by atoms with Crippen molar-refractivity contribution in [2.75, 3.05) is 0 Å². The van der Waals surface area contributed by atoms with Gasteiger partial charge in [0, 0.05) is 17.8 Å². The molecule has 0 saturated carbocycles. The molecule has 0 spiro atoms. The second-order valence-corrected chi connectivity index (χ2v) is 15.0. The Balaban J connectivity index is -0.000000240. The van der Waals surface area contributed by atoms with E-state index in [2.05, 4.69) is 41.5 Å². The van der Waals surface area contributed by atoms with Crippen molar-refractivity contribution in [1.82, 2.24) is 0 Å². The largest absolute Gasteiger partial charge is 3.00 e. The monoisotopic (exact) mass is 639 g/mol. The van der Waals surface area contributed by atoms with Crippen LogP contribution in [0.4, 0.5) is 0 Å². The summed E-state index contributed by atoms with van der Waals surface area (Å²) in [6.45, 7) is 24.3. The summed E-state index contributed by atoms with van der Waals surface area (Å²) in [4.78, 5) is 33.8. The Kier molecular flexibility index (Phi) is 29.9. The minimum absolute atomic E-state index is 0. The summed E-state index contributed by atoms with van der Waals surface area (Å²) in [5.41, 5.74) is 0. The van der Waals surface area contributed by atoms with Crippen molar-refractivity contribution in [1.29, 1.82) is 0 Å².